The fourth-order valence-electron chi connectivity index (χ4n) is 2.49. The maximum Gasteiger partial charge on any atom is 0.307 e. The van der Waals surface area contributed by atoms with E-state index in [1.165, 1.54) is 0 Å². The number of carbonyl (C=O) groups is 3. The second-order valence-corrected chi connectivity index (χ2v) is 5.18. The first-order chi connectivity index (χ1) is 9.95. The van der Waals surface area contributed by atoms with Gasteiger partial charge < -0.3 is 15.7 Å². The predicted octanol–water partition coefficient (Wildman–Crippen LogP) is 1.40. The summed E-state index contributed by atoms with van der Waals surface area (Å²) < 4.78 is 0. The monoisotopic (exact) mass is 290 g/mol. The minimum Gasteiger partial charge on any atom is -0.481 e. The van der Waals surface area contributed by atoms with Crippen LogP contribution in [0.1, 0.15) is 28.8 Å². The summed E-state index contributed by atoms with van der Waals surface area (Å²) in [6.07, 6.45) is 1.11. The summed E-state index contributed by atoms with van der Waals surface area (Å²) in [6.45, 7) is 1.75. The molecule has 0 radical (unpaired) electrons. The van der Waals surface area contributed by atoms with E-state index in [0.29, 0.717) is 29.7 Å². The van der Waals surface area contributed by atoms with E-state index in [2.05, 4.69) is 10.6 Å². The van der Waals surface area contributed by atoms with Crippen LogP contribution in [0.25, 0.3) is 0 Å². The van der Waals surface area contributed by atoms with Crippen molar-refractivity contribution in [2.24, 2.45) is 11.8 Å². The van der Waals surface area contributed by atoms with E-state index in [1.807, 2.05) is 0 Å². The Morgan fingerprint density at radius 3 is 2.38 bits per heavy atom. The van der Waals surface area contributed by atoms with Crippen LogP contribution in [0.4, 0.5) is 5.69 Å². The molecule has 0 spiro atoms. The third-order valence-corrected chi connectivity index (χ3v) is 3.99. The van der Waals surface area contributed by atoms with Crippen LogP contribution in [0, 0.1) is 18.8 Å². The molecule has 1 aromatic rings. The average Bonchev–Trinajstić information content (AvgIpc) is 2.38. The summed E-state index contributed by atoms with van der Waals surface area (Å²) in [5.74, 6) is -2.56. The Bertz CT molecular complexity index is 597. The summed E-state index contributed by atoms with van der Waals surface area (Å²) in [4.78, 5) is 34.8. The predicted molar refractivity (Wildman–Crippen MR) is 77.0 cm³/mol. The van der Waals surface area contributed by atoms with E-state index in [9.17, 15) is 14.4 Å². The average molecular weight is 290 g/mol. The minimum absolute atomic E-state index is 0.226. The highest BCUT2D eigenvalue weighted by molar-refractivity contribution is 6.00. The van der Waals surface area contributed by atoms with Gasteiger partial charge in [0.25, 0.3) is 5.91 Å². The van der Waals surface area contributed by atoms with Crippen molar-refractivity contribution >= 4 is 23.5 Å². The Balaban J connectivity index is 2.15. The SMILES string of the molecule is CNC(=O)c1cccc(NC(=O)C2CCC2C(=O)O)c1C. The number of hydrogen-bond acceptors (Lipinski definition) is 3. The van der Waals surface area contributed by atoms with Gasteiger partial charge >= 0.3 is 5.97 Å². The molecule has 1 aliphatic carbocycles. The molecule has 2 rings (SSSR count). The van der Waals surface area contributed by atoms with E-state index in [0.717, 1.165) is 0 Å². The van der Waals surface area contributed by atoms with E-state index in [4.69, 9.17) is 5.11 Å². The Morgan fingerprint density at radius 2 is 1.86 bits per heavy atom. The number of amides is 2. The van der Waals surface area contributed by atoms with Gasteiger partial charge in [-0.15, -0.1) is 0 Å². The lowest BCUT2D eigenvalue weighted by molar-refractivity contribution is -0.151. The fourth-order valence-corrected chi connectivity index (χ4v) is 2.49. The highest BCUT2D eigenvalue weighted by Crippen LogP contribution is 2.35. The van der Waals surface area contributed by atoms with Gasteiger partial charge in [-0.2, -0.15) is 0 Å². The number of rotatable bonds is 4. The van der Waals surface area contributed by atoms with Gasteiger partial charge in [-0.05, 0) is 37.5 Å². The number of benzene rings is 1. The second-order valence-electron chi connectivity index (χ2n) is 5.18. The molecule has 2 atom stereocenters. The molecule has 6 heteroatoms. The zero-order chi connectivity index (χ0) is 15.6. The first-order valence-corrected chi connectivity index (χ1v) is 6.81. The molecule has 112 valence electrons. The van der Waals surface area contributed by atoms with Gasteiger partial charge in [0.15, 0.2) is 0 Å². The zero-order valence-corrected chi connectivity index (χ0v) is 12.0. The first kappa shape index (κ1) is 15.0. The zero-order valence-electron chi connectivity index (χ0n) is 12.0. The molecule has 1 saturated carbocycles. The van der Waals surface area contributed by atoms with Crippen LogP contribution in [0.3, 0.4) is 0 Å². The van der Waals surface area contributed by atoms with Crippen molar-refractivity contribution in [3.8, 4) is 0 Å². The van der Waals surface area contributed by atoms with E-state index >= 15 is 0 Å². The van der Waals surface area contributed by atoms with Crippen LogP contribution in [-0.2, 0) is 9.59 Å². The van der Waals surface area contributed by atoms with E-state index in [-0.39, 0.29) is 11.8 Å². The molecule has 1 fully saturated rings. The Labute approximate surface area is 122 Å². The number of carboxylic acids is 1. The van der Waals surface area contributed by atoms with Crippen LogP contribution in [-0.4, -0.2) is 29.9 Å². The van der Waals surface area contributed by atoms with E-state index in [1.54, 1.807) is 32.2 Å². The number of hydrogen-bond donors (Lipinski definition) is 3. The molecule has 0 bridgehead atoms. The molecule has 6 nitrogen and oxygen atoms in total. The molecule has 0 aromatic heterocycles. The Morgan fingerprint density at radius 1 is 1.19 bits per heavy atom. The summed E-state index contributed by atoms with van der Waals surface area (Å²) in [5.41, 5.74) is 1.69. The highest BCUT2D eigenvalue weighted by atomic mass is 16.4. The summed E-state index contributed by atoms with van der Waals surface area (Å²) in [6, 6.07) is 5.06. The molecule has 2 amide bonds. The molecule has 0 saturated heterocycles. The highest BCUT2D eigenvalue weighted by Gasteiger charge is 2.41. The van der Waals surface area contributed by atoms with Crippen molar-refractivity contribution in [2.75, 3.05) is 12.4 Å². The Hall–Kier alpha value is -2.37. The van der Waals surface area contributed by atoms with Gasteiger partial charge in [-0.1, -0.05) is 6.07 Å². The topological polar surface area (TPSA) is 95.5 Å². The van der Waals surface area contributed by atoms with Crippen molar-refractivity contribution in [3.63, 3.8) is 0 Å². The van der Waals surface area contributed by atoms with Gasteiger partial charge in [0.2, 0.25) is 5.91 Å². The lowest BCUT2D eigenvalue weighted by Gasteiger charge is -2.32. The summed E-state index contributed by atoms with van der Waals surface area (Å²) in [7, 11) is 1.54. The normalized spacial score (nSPS) is 20.3. The third kappa shape index (κ3) is 2.89. The fraction of sp³-hybridized carbons (Fsp3) is 0.400. The standard InChI is InChI=1S/C15H18N2O4/c1-8-9(13(18)16-2)4-3-5-12(8)17-14(19)10-6-7-11(10)15(20)21/h3-5,10-11H,6-7H2,1-2H3,(H,16,18)(H,17,19)(H,20,21). The van der Waals surface area contributed by atoms with E-state index < -0.39 is 17.8 Å². The Kier molecular flexibility index (Phi) is 4.26. The van der Waals surface area contributed by atoms with Crippen LogP contribution in [0.2, 0.25) is 0 Å². The number of carboxylic acid groups (broad SMARTS) is 1. The molecular weight excluding hydrogens is 272 g/mol. The molecule has 0 aliphatic heterocycles. The molecule has 3 N–H and O–H groups in total. The van der Waals surface area contributed by atoms with Crippen LogP contribution >= 0.6 is 0 Å². The van der Waals surface area contributed by atoms with Gasteiger partial charge in [0.05, 0.1) is 11.8 Å². The van der Waals surface area contributed by atoms with Crippen molar-refractivity contribution in [2.45, 2.75) is 19.8 Å². The van der Waals surface area contributed by atoms with Crippen molar-refractivity contribution in [1.82, 2.24) is 5.32 Å². The molecule has 2 unspecified atom stereocenters. The molecule has 1 aromatic carbocycles. The van der Waals surface area contributed by atoms with Crippen molar-refractivity contribution < 1.29 is 19.5 Å². The van der Waals surface area contributed by atoms with Crippen LogP contribution in [0.15, 0.2) is 18.2 Å². The lowest BCUT2D eigenvalue weighted by atomic mass is 9.73. The largest absolute Gasteiger partial charge is 0.481 e. The molecular formula is C15H18N2O4. The molecule has 21 heavy (non-hydrogen) atoms. The maximum absolute atomic E-state index is 12.1. The lowest BCUT2D eigenvalue weighted by Crippen LogP contribution is -2.41. The van der Waals surface area contributed by atoms with Gasteiger partial charge in [0, 0.05) is 18.3 Å². The second kappa shape index (κ2) is 5.95. The first-order valence-electron chi connectivity index (χ1n) is 6.81. The van der Waals surface area contributed by atoms with Crippen molar-refractivity contribution in [1.29, 1.82) is 0 Å². The molecule has 1 aliphatic rings. The number of nitrogens with one attached hydrogen (secondary N) is 2. The van der Waals surface area contributed by atoms with Gasteiger partial charge in [0.1, 0.15) is 0 Å². The van der Waals surface area contributed by atoms with Crippen LogP contribution in [0.5, 0.6) is 0 Å². The smallest absolute Gasteiger partial charge is 0.307 e. The van der Waals surface area contributed by atoms with Gasteiger partial charge in [-0.25, -0.2) is 0 Å². The van der Waals surface area contributed by atoms with Crippen molar-refractivity contribution in [3.05, 3.63) is 29.3 Å². The number of anilines is 1. The third-order valence-electron chi connectivity index (χ3n) is 3.99. The maximum atomic E-state index is 12.1. The quantitative estimate of drug-likeness (QED) is 0.781. The number of aliphatic carboxylic acids is 1. The van der Waals surface area contributed by atoms with Gasteiger partial charge in [-0.3, -0.25) is 14.4 Å². The van der Waals surface area contributed by atoms with Crippen LogP contribution < -0.4 is 10.6 Å². The molecule has 0 heterocycles. The minimum atomic E-state index is -0.933. The summed E-state index contributed by atoms with van der Waals surface area (Å²) >= 11 is 0. The number of carbonyl (C=O) groups excluding carboxylic acids is 2. The summed E-state index contributed by atoms with van der Waals surface area (Å²) in [5, 5.41) is 14.3.